The van der Waals surface area contributed by atoms with E-state index in [9.17, 15) is 0 Å². The quantitative estimate of drug-likeness (QED) is 0.828. The first-order valence-corrected chi connectivity index (χ1v) is 7.55. The van der Waals surface area contributed by atoms with Gasteiger partial charge in [-0.05, 0) is 39.1 Å². The Kier molecular flexibility index (Phi) is 5.36. The minimum Gasteiger partial charge on any atom is -0.370 e. The summed E-state index contributed by atoms with van der Waals surface area (Å²) in [6.07, 6.45) is 2.48. The van der Waals surface area contributed by atoms with E-state index in [1.807, 2.05) is 6.07 Å². The maximum atomic E-state index is 4.76. The number of hydrogen-bond acceptors (Lipinski definition) is 3. The van der Waals surface area contributed by atoms with Crippen molar-refractivity contribution in [3.05, 3.63) is 35.9 Å². The summed E-state index contributed by atoms with van der Waals surface area (Å²) in [4.78, 5) is 7.13. The average molecular weight is 271 g/mol. The number of nitrogens with zero attached hydrogens (tertiary/aromatic N) is 2. The van der Waals surface area contributed by atoms with E-state index in [2.05, 4.69) is 55.4 Å². The number of pyridine rings is 1. The molecule has 0 saturated heterocycles. The van der Waals surface area contributed by atoms with Gasteiger partial charge in [0.2, 0.25) is 0 Å². The molecule has 0 radical (unpaired) electrons. The number of anilines is 1. The molecule has 0 unspecified atom stereocenters. The van der Waals surface area contributed by atoms with Crippen molar-refractivity contribution in [2.24, 2.45) is 0 Å². The second-order valence-electron chi connectivity index (χ2n) is 5.31. The van der Waals surface area contributed by atoms with Crippen molar-refractivity contribution in [1.29, 1.82) is 0 Å². The van der Waals surface area contributed by atoms with Crippen LogP contribution in [0.15, 0.2) is 30.3 Å². The number of rotatable bonds is 7. The van der Waals surface area contributed by atoms with Crippen LogP contribution in [0.5, 0.6) is 0 Å². The zero-order chi connectivity index (χ0) is 14.4. The van der Waals surface area contributed by atoms with E-state index in [-0.39, 0.29) is 0 Å². The third-order valence-electron chi connectivity index (χ3n) is 3.48. The van der Waals surface area contributed by atoms with Crippen molar-refractivity contribution in [3.8, 4) is 0 Å². The Morgan fingerprint density at radius 3 is 2.75 bits per heavy atom. The first-order valence-electron chi connectivity index (χ1n) is 7.55. The number of fused-ring (bicyclic) bond motifs is 1. The molecule has 1 N–H and O–H groups in total. The van der Waals surface area contributed by atoms with Crippen LogP contribution in [-0.4, -0.2) is 30.0 Å². The number of aromatic nitrogens is 1. The smallest absolute Gasteiger partial charge is 0.131 e. The standard InChI is InChI=1S/C17H25N3/c1-4-6-11-20(3)13-15-12-14-9-7-8-10-16(14)19-17(15)18-5-2/h7-10,12H,4-6,11,13H2,1-3H3,(H,18,19). The Morgan fingerprint density at radius 2 is 2.00 bits per heavy atom. The van der Waals surface area contributed by atoms with Crippen LogP contribution in [0.1, 0.15) is 32.3 Å². The highest BCUT2D eigenvalue weighted by Crippen LogP contribution is 2.21. The second-order valence-corrected chi connectivity index (χ2v) is 5.31. The molecule has 0 aliphatic rings. The van der Waals surface area contributed by atoms with Gasteiger partial charge in [-0.3, -0.25) is 0 Å². The van der Waals surface area contributed by atoms with Gasteiger partial charge in [-0.2, -0.15) is 0 Å². The third-order valence-corrected chi connectivity index (χ3v) is 3.48. The van der Waals surface area contributed by atoms with Crippen LogP contribution in [0.25, 0.3) is 10.9 Å². The SMILES string of the molecule is CCCCN(C)Cc1cc2ccccc2nc1NCC. The molecule has 0 fully saturated rings. The molecule has 1 aromatic heterocycles. The zero-order valence-corrected chi connectivity index (χ0v) is 12.8. The fraction of sp³-hybridized carbons (Fsp3) is 0.471. The molecule has 0 spiro atoms. The van der Waals surface area contributed by atoms with E-state index in [0.717, 1.165) is 31.0 Å². The lowest BCUT2D eigenvalue weighted by molar-refractivity contribution is 0.321. The van der Waals surface area contributed by atoms with Crippen molar-refractivity contribution in [3.63, 3.8) is 0 Å². The van der Waals surface area contributed by atoms with Gasteiger partial charge in [-0.1, -0.05) is 31.5 Å². The van der Waals surface area contributed by atoms with Crippen LogP contribution >= 0.6 is 0 Å². The van der Waals surface area contributed by atoms with Gasteiger partial charge in [0.05, 0.1) is 5.52 Å². The van der Waals surface area contributed by atoms with Gasteiger partial charge >= 0.3 is 0 Å². The van der Waals surface area contributed by atoms with Gasteiger partial charge < -0.3 is 10.2 Å². The lowest BCUT2D eigenvalue weighted by atomic mass is 10.1. The summed E-state index contributed by atoms with van der Waals surface area (Å²) in [5.74, 6) is 1.02. The Balaban J connectivity index is 2.26. The van der Waals surface area contributed by atoms with Crippen LogP contribution in [0.2, 0.25) is 0 Å². The molecule has 2 rings (SSSR count). The first-order chi connectivity index (χ1) is 9.74. The fourth-order valence-corrected chi connectivity index (χ4v) is 2.40. The second kappa shape index (κ2) is 7.25. The van der Waals surface area contributed by atoms with Crippen molar-refractivity contribution >= 4 is 16.7 Å². The molecule has 0 saturated carbocycles. The molecule has 0 aliphatic carbocycles. The first kappa shape index (κ1) is 14.8. The number of para-hydroxylation sites is 1. The molecular formula is C17H25N3. The molecule has 2 aromatic rings. The van der Waals surface area contributed by atoms with E-state index < -0.39 is 0 Å². The monoisotopic (exact) mass is 271 g/mol. The maximum Gasteiger partial charge on any atom is 0.131 e. The number of benzene rings is 1. The molecule has 0 atom stereocenters. The van der Waals surface area contributed by atoms with Crippen LogP contribution in [0.4, 0.5) is 5.82 Å². The van der Waals surface area contributed by atoms with Crippen molar-refractivity contribution in [2.45, 2.75) is 33.2 Å². The Labute approximate surface area is 122 Å². The highest BCUT2D eigenvalue weighted by atomic mass is 15.1. The minimum atomic E-state index is 0.900. The number of unbranched alkanes of at least 4 members (excludes halogenated alkanes) is 1. The highest BCUT2D eigenvalue weighted by Gasteiger charge is 2.08. The van der Waals surface area contributed by atoms with Gasteiger partial charge in [0.25, 0.3) is 0 Å². The lowest BCUT2D eigenvalue weighted by Crippen LogP contribution is -2.20. The highest BCUT2D eigenvalue weighted by molar-refractivity contribution is 5.81. The third kappa shape index (κ3) is 3.70. The number of nitrogens with one attached hydrogen (secondary N) is 1. The Morgan fingerprint density at radius 1 is 1.20 bits per heavy atom. The summed E-state index contributed by atoms with van der Waals surface area (Å²) in [7, 11) is 2.18. The van der Waals surface area contributed by atoms with Crippen LogP contribution in [-0.2, 0) is 6.54 Å². The molecule has 1 heterocycles. The summed E-state index contributed by atoms with van der Waals surface area (Å²) >= 11 is 0. The molecule has 3 heteroatoms. The summed E-state index contributed by atoms with van der Waals surface area (Å²) in [6.45, 7) is 7.32. The summed E-state index contributed by atoms with van der Waals surface area (Å²) in [5, 5.41) is 4.61. The van der Waals surface area contributed by atoms with E-state index >= 15 is 0 Å². The summed E-state index contributed by atoms with van der Waals surface area (Å²) in [6, 6.07) is 10.6. The summed E-state index contributed by atoms with van der Waals surface area (Å²) in [5.41, 5.74) is 2.34. The molecule has 108 valence electrons. The number of hydrogen-bond donors (Lipinski definition) is 1. The molecule has 0 amide bonds. The van der Waals surface area contributed by atoms with Crippen molar-refractivity contribution in [1.82, 2.24) is 9.88 Å². The van der Waals surface area contributed by atoms with Crippen molar-refractivity contribution in [2.75, 3.05) is 25.5 Å². The molecule has 0 aliphatic heterocycles. The lowest BCUT2D eigenvalue weighted by Gasteiger charge is -2.19. The summed E-state index contributed by atoms with van der Waals surface area (Å²) < 4.78 is 0. The maximum absolute atomic E-state index is 4.76. The van der Waals surface area contributed by atoms with E-state index in [0.29, 0.717) is 0 Å². The fourth-order valence-electron chi connectivity index (χ4n) is 2.40. The molecule has 20 heavy (non-hydrogen) atoms. The van der Waals surface area contributed by atoms with Gasteiger partial charge in [0.1, 0.15) is 5.82 Å². The van der Waals surface area contributed by atoms with E-state index in [1.54, 1.807) is 0 Å². The van der Waals surface area contributed by atoms with Gasteiger partial charge in [-0.25, -0.2) is 4.98 Å². The van der Waals surface area contributed by atoms with Gasteiger partial charge in [-0.15, -0.1) is 0 Å². The minimum absolute atomic E-state index is 0.900. The molecule has 0 bridgehead atoms. The zero-order valence-electron chi connectivity index (χ0n) is 12.8. The average Bonchev–Trinajstić information content (AvgIpc) is 2.46. The largest absolute Gasteiger partial charge is 0.370 e. The topological polar surface area (TPSA) is 28.2 Å². The predicted octanol–water partition coefficient (Wildman–Crippen LogP) is 3.90. The van der Waals surface area contributed by atoms with Crippen LogP contribution in [0, 0.1) is 0 Å². The molecule has 1 aromatic carbocycles. The molecular weight excluding hydrogens is 246 g/mol. The Hall–Kier alpha value is -1.61. The molecule has 3 nitrogen and oxygen atoms in total. The van der Waals surface area contributed by atoms with Crippen LogP contribution in [0.3, 0.4) is 0 Å². The van der Waals surface area contributed by atoms with E-state index in [4.69, 9.17) is 4.98 Å². The van der Waals surface area contributed by atoms with Crippen LogP contribution < -0.4 is 5.32 Å². The van der Waals surface area contributed by atoms with Gasteiger partial charge in [0.15, 0.2) is 0 Å². The normalized spacial score (nSPS) is 11.2. The van der Waals surface area contributed by atoms with Crippen molar-refractivity contribution < 1.29 is 0 Å². The van der Waals surface area contributed by atoms with E-state index in [1.165, 1.54) is 23.8 Å². The Bertz CT molecular complexity index is 551. The van der Waals surface area contributed by atoms with Gasteiger partial charge in [0, 0.05) is 24.0 Å². The predicted molar refractivity (Wildman–Crippen MR) is 87.1 cm³/mol.